The van der Waals surface area contributed by atoms with Crippen LogP contribution >= 0.6 is 0 Å². The Kier molecular flexibility index (Phi) is 4.44. The highest BCUT2D eigenvalue weighted by molar-refractivity contribution is 4.91. The molecule has 1 aromatic heterocycles. The van der Waals surface area contributed by atoms with Crippen molar-refractivity contribution in [1.82, 2.24) is 30.0 Å². The number of likely N-dealkylation sites (N-methyl/N-ethyl adjacent to an activating group) is 1. The first-order valence-electron chi connectivity index (χ1n) is 7.58. The zero-order valence-electron chi connectivity index (χ0n) is 13.7. The van der Waals surface area contributed by atoms with Crippen LogP contribution in [-0.4, -0.2) is 61.7 Å². The Morgan fingerprint density at radius 2 is 1.75 bits per heavy atom. The maximum absolute atomic E-state index is 4.21. The van der Waals surface area contributed by atoms with E-state index in [1.807, 2.05) is 4.68 Å². The summed E-state index contributed by atoms with van der Waals surface area (Å²) < 4.78 is 1.94. The second-order valence-electron chi connectivity index (χ2n) is 6.90. The second kappa shape index (κ2) is 5.77. The predicted octanol–water partition coefficient (Wildman–Crippen LogP) is 1.34. The van der Waals surface area contributed by atoms with E-state index in [2.05, 4.69) is 66.9 Å². The minimum Gasteiger partial charge on any atom is -0.296 e. The molecule has 1 saturated heterocycles. The highest BCUT2D eigenvalue weighted by Gasteiger charge is 2.30. The van der Waals surface area contributed by atoms with Gasteiger partial charge in [-0.1, -0.05) is 6.92 Å². The highest BCUT2D eigenvalue weighted by atomic mass is 15.6. The lowest BCUT2D eigenvalue weighted by molar-refractivity contribution is 0.0365. The summed E-state index contributed by atoms with van der Waals surface area (Å²) in [6, 6.07) is 1.17. The molecule has 0 radical (unpaired) electrons. The Balaban J connectivity index is 2.07. The third-order valence-corrected chi connectivity index (χ3v) is 4.08. The topological polar surface area (TPSA) is 50.1 Å². The van der Waals surface area contributed by atoms with E-state index in [9.17, 15) is 0 Å². The molecular weight excluding hydrogens is 252 g/mol. The molecule has 2 heterocycles. The molecule has 0 saturated carbocycles. The lowest BCUT2D eigenvalue weighted by Crippen LogP contribution is -2.56. The molecule has 0 aliphatic carbocycles. The van der Waals surface area contributed by atoms with Crippen molar-refractivity contribution in [2.75, 3.05) is 19.6 Å². The van der Waals surface area contributed by atoms with E-state index in [0.717, 1.165) is 32.0 Å². The van der Waals surface area contributed by atoms with Crippen LogP contribution in [0.5, 0.6) is 0 Å². The second-order valence-corrected chi connectivity index (χ2v) is 6.90. The van der Waals surface area contributed by atoms with Crippen molar-refractivity contribution in [3.05, 3.63) is 5.82 Å². The van der Waals surface area contributed by atoms with Crippen LogP contribution in [0, 0.1) is 0 Å². The van der Waals surface area contributed by atoms with Crippen LogP contribution in [0.3, 0.4) is 0 Å². The molecule has 0 aromatic carbocycles. The van der Waals surface area contributed by atoms with Crippen molar-refractivity contribution in [3.8, 4) is 0 Å². The molecule has 1 aliphatic heterocycles. The minimum absolute atomic E-state index is 0.0681. The third kappa shape index (κ3) is 3.17. The number of tetrazole rings is 1. The van der Waals surface area contributed by atoms with Crippen molar-refractivity contribution in [2.24, 2.45) is 0 Å². The molecule has 0 bridgehead atoms. The Morgan fingerprint density at radius 1 is 1.15 bits per heavy atom. The Bertz CT molecular complexity index is 423. The van der Waals surface area contributed by atoms with Gasteiger partial charge in [0.2, 0.25) is 0 Å². The summed E-state index contributed by atoms with van der Waals surface area (Å²) in [5.74, 6) is 0.960. The van der Waals surface area contributed by atoms with E-state index in [0.29, 0.717) is 12.1 Å². The van der Waals surface area contributed by atoms with Gasteiger partial charge in [0.15, 0.2) is 5.82 Å². The lowest BCUT2D eigenvalue weighted by Gasteiger charge is -2.44. The van der Waals surface area contributed by atoms with Crippen molar-refractivity contribution < 1.29 is 0 Å². The average Bonchev–Trinajstić information content (AvgIpc) is 2.76. The van der Waals surface area contributed by atoms with Crippen LogP contribution in [0.25, 0.3) is 0 Å². The summed E-state index contributed by atoms with van der Waals surface area (Å²) in [6.45, 7) is 17.4. The Labute approximate surface area is 122 Å². The molecule has 2 rings (SSSR count). The maximum Gasteiger partial charge on any atom is 0.165 e. The van der Waals surface area contributed by atoms with E-state index in [1.165, 1.54) is 0 Å². The SMILES string of the molecule is CCN1[C@H](C)CN(Cc2nnnn2C(C)(C)C)C[C@@H]1C. The fourth-order valence-corrected chi connectivity index (χ4v) is 3.24. The van der Waals surface area contributed by atoms with Crippen LogP contribution in [0.2, 0.25) is 0 Å². The quantitative estimate of drug-likeness (QED) is 0.836. The van der Waals surface area contributed by atoms with Gasteiger partial charge in [-0.05, 0) is 51.6 Å². The van der Waals surface area contributed by atoms with Gasteiger partial charge in [0, 0.05) is 25.2 Å². The van der Waals surface area contributed by atoms with Crippen LogP contribution < -0.4 is 0 Å². The van der Waals surface area contributed by atoms with Crippen molar-refractivity contribution in [3.63, 3.8) is 0 Å². The monoisotopic (exact) mass is 280 g/mol. The van der Waals surface area contributed by atoms with E-state index in [-0.39, 0.29) is 5.54 Å². The fraction of sp³-hybridized carbons (Fsp3) is 0.929. The molecule has 114 valence electrons. The summed E-state index contributed by atoms with van der Waals surface area (Å²) in [6.07, 6.45) is 0. The molecule has 6 nitrogen and oxygen atoms in total. The highest BCUT2D eigenvalue weighted by Crippen LogP contribution is 2.19. The third-order valence-electron chi connectivity index (χ3n) is 4.08. The predicted molar refractivity (Wildman–Crippen MR) is 79.4 cm³/mol. The van der Waals surface area contributed by atoms with Gasteiger partial charge in [-0.3, -0.25) is 9.80 Å². The van der Waals surface area contributed by atoms with Gasteiger partial charge in [-0.15, -0.1) is 5.10 Å². The van der Waals surface area contributed by atoms with Gasteiger partial charge in [0.05, 0.1) is 12.1 Å². The van der Waals surface area contributed by atoms with Gasteiger partial charge in [0.25, 0.3) is 0 Å². The normalized spacial score (nSPS) is 26.1. The zero-order valence-corrected chi connectivity index (χ0v) is 13.7. The summed E-state index contributed by atoms with van der Waals surface area (Å²) in [5.41, 5.74) is -0.0681. The molecule has 0 N–H and O–H groups in total. The van der Waals surface area contributed by atoms with Crippen LogP contribution in [0.15, 0.2) is 0 Å². The minimum atomic E-state index is -0.0681. The first kappa shape index (κ1) is 15.4. The first-order valence-corrected chi connectivity index (χ1v) is 7.58. The van der Waals surface area contributed by atoms with Crippen molar-refractivity contribution in [2.45, 2.75) is 65.7 Å². The van der Waals surface area contributed by atoms with Gasteiger partial charge < -0.3 is 0 Å². The number of nitrogens with zero attached hydrogens (tertiary/aromatic N) is 6. The Morgan fingerprint density at radius 3 is 2.25 bits per heavy atom. The molecule has 6 heteroatoms. The lowest BCUT2D eigenvalue weighted by atomic mass is 10.1. The fourth-order valence-electron chi connectivity index (χ4n) is 3.24. The molecule has 1 aromatic rings. The number of piperazine rings is 1. The van der Waals surface area contributed by atoms with E-state index >= 15 is 0 Å². The summed E-state index contributed by atoms with van der Waals surface area (Å²) in [7, 11) is 0. The number of hydrogen-bond donors (Lipinski definition) is 0. The van der Waals surface area contributed by atoms with Gasteiger partial charge in [0.1, 0.15) is 0 Å². The van der Waals surface area contributed by atoms with Crippen LogP contribution in [0.1, 0.15) is 47.4 Å². The average molecular weight is 280 g/mol. The van der Waals surface area contributed by atoms with Crippen LogP contribution in [-0.2, 0) is 12.1 Å². The summed E-state index contributed by atoms with van der Waals surface area (Å²) in [4.78, 5) is 5.03. The molecule has 20 heavy (non-hydrogen) atoms. The Hall–Kier alpha value is -1.01. The maximum atomic E-state index is 4.21. The molecule has 1 fully saturated rings. The first-order chi connectivity index (χ1) is 9.32. The van der Waals surface area contributed by atoms with E-state index in [1.54, 1.807) is 0 Å². The van der Waals surface area contributed by atoms with Gasteiger partial charge in [-0.25, -0.2) is 4.68 Å². The number of aromatic nitrogens is 4. The van der Waals surface area contributed by atoms with Crippen molar-refractivity contribution in [1.29, 1.82) is 0 Å². The molecule has 0 spiro atoms. The van der Waals surface area contributed by atoms with Gasteiger partial charge >= 0.3 is 0 Å². The number of rotatable bonds is 3. The molecule has 2 atom stereocenters. The zero-order chi connectivity index (χ0) is 14.9. The largest absolute Gasteiger partial charge is 0.296 e. The van der Waals surface area contributed by atoms with E-state index in [4.69, 9.17) is 0 Å². The van der Waals surface area contributed by atoms with Crippen LogP contribution in [0.4, 0.5) is 0 Å². The molecule has 1 aliphatic rings. The standard InChI is InChI=1S/C14H28N6/c1-7-19-11(2)8-18(9-12(19)3)10-13-15-16-17-20(13)14(4,5)6/h11-12H,7-10H2,1-6H3/t11-,12+. The number of hydrogen-bond acceptors (Lipinski definition) is 5. The molecular formula is C14H28N6. The van der Waals surface area contributed by atoms with E-state index < -0.39 is 0 Å². The smallest absolute Gasteiger partial charge is 0.165 e. The van der Waals surface area contributed by atoms with Gasteiger partial charge in [-0.2, -0.15) is 0 Å². The summed E-state index contributed by atoms with van der Waals surface area (Å²) in [5, 5.41) is 12.2. The molecule has 0 amide bonds. The molecule has 0 unspecified atom stereocenters. The van der Waals surface area contributed by atoms with Crippen molar-refractivity contribution >= 4 is 0 Å². The summed E-state index contributed by atoms with van der Waals surface area (Å²) >= 11 is 0.